The maximum Gasteiger partial charge on any atom is 0.250 e. The lowest BCUT2D eigenvalue weighted by atomic mass is 10.2. The first-order valence-electron chi connectivity index (χ1n) is 9.48. The first kappa shape index (κ1) is 22.1. The maximum absolute atomic E-state index is 12.8. The van der Waals surface area contributed by atoms with Crippen molar-refractivity contribution >= 4 is 45.0 Å². The lowest BCUT2D eigenvalue weighted by molar-refractivity contribution is -0.115. The van der Waals surface area contributed by atoms with Gasteiger partial charge in [-0.1, -0.05) is 30.3 Å². The molecule has 1 amide bonds. The average molecular weight is 445 g/mol. The fourth-order valence-corrected chi connectivity index (χ4v) is 4.58. The molecule has 0 unspecified atom stereocenters. The van der Waals surface area contributed by atoms with Gasteiger partial charge < -0.3 is 10.2 Å². The second kappa shape index (κ2) is 9.94. The number of hydrogen-bond donors (Lipinski definition) is 2. The summed E-state index contributed by atoms with van der Waals surface area (Å²) >= 11 is 5.15. The molecule has 0 aromatic heterocycles. The van der Waals surface area contributed by atoms with E-state index in [1.54, 1.807) is 18.2 Å². The van der Waals surface area contributed by atoms with E-state index in [-0.39, 0.29) is 15.9 Å². The van der Waals surface area contributed by atoms with E-state index in [9.17, 15) is 13.2 Å². The van der Waals surface area contributed by atoms with Crippen molar-refractivity contribution in [2.75, 3.05) is 38.5 Å². The number of amides is 1. The molecule has 0 bridgehead atoms. The van der Waals surface area contributed by atoms with E-state index in [1.807, 2.05) is 37.4 Å². The minimum absolute atomic E-state index is 0.132. The monoisotopic (exact) mass is 444 g/mol. The summed E-state index contributed by atoms with van der Waals surface area (Å²) in [7, 11) is -1.54. The molecule has 0 radical (unpaired) electrons. The van der Waals surface area contributed by atoms with E-state index < -0.39 is 10.0 Å². The summed E-state index contributed by atoms with van der Waals surface area (Å²) in [5, 5.41) is 5.58. The van der Waals surface area contributed by atoms with E-state index in [0.717, 1.165) is 5.56 Å². The number of anilines is 1. The Morgan fingerprint density at radius 3 is 2.27 bits per heavy atom. The molecule has 7 nitrogen and oxygen atoms in total. The zero-order valence-corrected chi connectivity index (χ0v) is 18.2. The van der Waals surface area contributed by atoms with E-state index in [1.165, 1.54) is 22.5 Å². The van der Waals surface area contributed by atoms with Crippen LogP contribution in [0, 0.1) is 0 Å². The van der Waals surface area contributed by atoms with Crippen LogP contribution in [0.25, 0.3) is 6.08 Å². The van der Waals surface area contributed by atoms with Gasteiger partial charge in [0.15, 0.2) is 5.11 Å². The molecule has 2 N–H and O–H groups in total. The van der Waals surface area contributed by atoms with Crippen LogP contribution in [0.2, 0.25) is 0 Å². The molecule has 0 aliphatic carbocycles. The van der Waals surface area contributed by atoms with Gasteiger partial charge in [-0.3, -0.25) is 10.1 Å². The highest BCUT2D eigenvalue weighted by atomic mass is 32.2. The third kappa shape index (κ3) is 5.96. The first-order valence-corrected chi connectivity index (χ1v) is 11.3. The summed E-state index contributed by atoms with van der Waals surface area (Å²) in [5.41, 5.74) is 1.49. The largest absolute Gasteiger partial charge is 0.332 e. The van der Waals surface area contributed by atoms with Gasteiger partial charge in [-0.05, 0) is 55.2 Å². The number of rotatable bonds is 5. The normalized spacial score (nSPS) is 15.8. The molecule has 0 spiro atoms. The first-order chi connectivity index (χ1) is 14.3. The average Bonchev–Trinajstić information content (AvgIpc) is 2.73. The Kier molecular flexibility index (Phi) is 7.33. The SMILES string of the molecule is CN1CCN(S(=O)(=O)c2ccc(NC(=S)NC(=O)/C=C/c3ccccc3)cc2)CC1. The number of piperazine rings is 1. The highest BCUT2D eigenvalue weighted by Crippen LogP contribution is 2.19. The second-order valence-electron chi connectivity index (χ2n) is 6.92. The fourth-order valence-electron chi connectivity index (χ4n) is 2.94. The summed E-state index contributed by atoms with van der Waals surface area (Å²) in [4.78, 5) is 14.3. The van der Waals surface area contributed by atoms with Crippen molar-refractivity contribution in [2.24, 2.45) is 0 Å². The Labute approximate surface area is 182 Å². The second-order valence-corrected chi connectivity index (χ2v) is 9.27. The zero-order valence-electron chi connectivity index (χ0n) is 16.6. The van der Waals surface area contributed by atoms with Crippen LogP contribution in [0.5, 0.6) is 0 Å². The molecule has 0 atom stereocenters. The molecular weight excluding hydrogens is 420 g/mol. The molecule has 158 valence electrons. The van der Waals surface area contributed by atoms with Crippen LogP contribution in [0.1, 0.15) is 5.56 Å². The number of likely N-dealkylation sites (N-methyl/N-ethyl adjacent to an activating group) is 1. The van der Waals surface area contributed by atoms with Gasteiger partial charge in [-0.25, -0.2) is 8.42 Å². The van der Waals surface area contributed by atoms with Crippen molar-refractivity contribution in [3.05, 3.63) is 66.2 Å². The molecule has 1 aliphatic heterocycles. The van der Waals surface area contributed by atoms with E-state index >= 15 is 0 Å². The van der Waals surface area contributed by atoms with Crippen LogP contribution in [0.4, 0.5) is 5.69 Å². The number of sulfonamides is 1. The van der Waals surface area contributed by atoms with E-state index in [4.69, 9.17) is 12.2 Å². The van der Waals surface area contributed by atoms with Crippen molar-refractivity contribution in [3.63, 3.8) is 0 Å². The number of benzene rings is 2. The number of nitrogens with one attached hydrogen (secondary N) is 2. The minimum atomic E-state index is -3.52. The third-order valence-electron chi connectivity index (χ3n) is 4.68. The molecule has 1 aliphatic rings. The quantitative estimate of drug-likeness (QED) is 0.543. The molecule has 2 aromatic rings. The highest BCUT2D eigenvalue weighted by Gasteiger charge is 2.27. The summed E-state index contributed by atoms with van der Waals surface area (Å²) < 4.78 is 27.0. The number of carbonyl (C=O) groups excluding carboxylic acids is 1. The van der Waals surface area contributed by atoms with Crippen molar-refractivity contribution in [1.82, 2.24) is 14.5 Å². The smallest absolute Gasteiger partial charge is 0.250 e. The molecule has 9 heteroatoms. The van der Waals surface area contributed by atoms with Gasteiger partial charge in [-0.2, -0.15) is 4.31 Å². The predicted molar refractivity (Wildman–Crippen MR) is 123 cm³/mol. The fraction of sp³-hybridized carbons (Fsp3) is 0.238. The Morgan fingerprint density at radius 2 is 1.63 bits per heavy atom. The molecule has 3 rings (SSSR count). The standard InChI is InChI=1S/C21H24N4O3S2/c1-24-13-15-25(16-14-24)30(27,28)19-10-8-18(9-11-19)22-21(29)23-20(26)12-7-17-5-3-2-4-6-17/h2-12H,13-16H2,1H3,(H2,22,23,26,29)/b12-7+. The molecule has 1 fully saturated rings. The van der Waals surface area contributed by atoms with Gasteiger partial charge in [0.2, 0.25) is 15.9 Å². The summed E-state index contributed by atoms with van der Waals surface area (Å²) in [5.74, 6) is -0.356. The Balaban J connectivity index is 1.55. The van der Waals surface area contributed by atoms with Crippen LogP contribution in [0.3, 0.4) is 0 Å². The van der Waals surface area contributed by atoms with Gasteiger partial charge in [0, 0.05) is 37.9 Å². The molecule has 30 heavy (non-hydrogen) atoms. The van der Waals surface area contributed by atoms with Gasteiger partial charge in [-0.15, -0.1) is 0 Å². The lowest BCUT2D eigenvalue weighted by Gasteiger charge is -2.31. The summed E-state index contributed by atoms with van der Waals surface area (Å²) in [6.45, 7) is 2.38. The van der Waals surface area contributed by atoms with Crippen molar-refractivity contribution < 1.29 is 13.2 Å². The van der Waals surface area contributed by atoms with Crippen molar-refractivity contribution in [2.45, 2.75) is 4.90 Å². The number of nitrogens with zero attached hydrogens (tertiary/aromatic N) is 2. The van der Waals surface area contributed by atoms with Crippen molar-refractivity contribution in [1.29, 1.82) is 0 Å². The number of hydrogen-bond acceptors (Lipinski definition) is 5. The van der Waals surface area contributed by atoms with E-state index in [2.05, 4.69) is 15.5 Å². The number of thiocarbonyl (C=S) groups is 1. The van der Waals surface area contributed by atoms with Gasteiger partial charge in [0.05, 0.1) is 4.90 Å². The topological polar surface area (TPSA) is 81.8 Å². The van der Waals surface area contributed by atoms with E-state index in [0.29, 0.717) is 31.9 Å². The summed E-state index contributed by atoms with van der Waals surface area (Å²) in [6.07, 6.45) is 3.09. The molecular formula is C21H24N4O3S2. The van der Waals surface area contributed by atoms with Crippen molar-refractivity contribution in [3.8, 4) is 0 Å². The van der Waals surface area contributed by atoms with Gasteiger partial charge in [0.25, 0.3) is 0 Å². The van der Waals surface area contributed by atoms with Gasteiger partial charge in [0.1, 0.15) is 0 Å². The Hall–Kier alpha value is -2.59. The van der Waals surface area contributed by atoms with Crippen LogP contribution in [0.15, 0.2) is 65.6 Å². The molecule has 0 saturated carbocycles. The third-order valence-corrected chi connectivity index (χ3v) is 6.79. The zero-order chi connectivity index (χ0) is 21.6. The molecule has 1 saturated heterocycles. The summed E-state index contributed by atoms with van der Waals surface area (Å²) in [6, 6.07) is 15.8. The van der Waals surface area contributed by atoms with Crippen LogP contribution < -0.4 is 10.6 Å². The van der Waals surface area contributed by atoms with Crippen LogP contribution in [-0.4, -0.2) is 61.9 Å². The molecule has 1 heterocycles. The van der Waals surface area contributed by atoms with Crippen LogP contribution >= 0.6 is 12.2 Å². The Bertz CT molecular complexity index is 1010. The van der Waals surface area contributed by atoms with Gasteiger partial charge >= 0.3 is 0 Å². The lowest BCUT2D eigenvalue weighted by Crippen LogP contribution is -2.46. The van der Waals surface area contributed by atoms with Crippen LogP contribution in [-0.2, 0) is 14.8 Å². The minimum Gasteiger partial charge on any atom is -0.332 e. The maximum atomic E-state index is 12.8. The number of carbonyl (C=O) groups is 1. The Morgan fingerprint density at radius 1 is 1.00 bits per heavy atom. The highest BCUT2D eigenvalue weighted by molar-refractivity contribution is 7.89. The predicted octanol–water partition coefficient (Wildman–Crippen LogP) is 2.15. The molecule has 2 aromatic carbocycles.